The lowest BCUT2D eigenvalue weighted by atomic mass is 10.1. The van der Waals surface area contributed by atoms with Crippen LogP contribution in [0.25, 0.3) is 0 Å². The number of ether oxygens (including phenoxy) is 1. The first-order valence-corrected chi connectivity index (χ1v) is 5.29. The molecular weight excluding hydrogens is 194 g/mol. The van der Waals surface area contributed by atoms with Crippen molar-refractivity contribution in [3.05, 3.63) is 11.6 Å². The van der Waals surface area contributed by atoms with Crippen LogP contribution < -0.4 is 0 Å². The number of aryl methyl sites for hydroxylation is 2. The molecule has 0 fully saturated rings. The van der Waals surface area contributed by atoms with Crippen molar-refractivity contribution in [1.29, 1.82) is 0 Å². The highest BCUT2D eigenvalue weighted by Crippen LogP contribution is 2.15. The van der Waals surface area contributed by atoms with Crippen LogP contribution in [0.3, 0.4) is 0 Å². The Balaban J connectivity index is 2.02. The lowest BCUT2D eigenvalue weighted by Gasteiger charge is -2.14. The predicted octanol–water partition coefficient (Wildman–Crippen LogP) is 0.720. The van der Waals surface area contributed by atoms with Crippen molar-refractivity contribution in [2.45, 2.75) is 38.6 Å². The van der Waals surface area contributed by atoms with Crippen molar-refractivity contribution in [2.24, 2.45) is 0 Å². The first-order valence-electron chi connectivity index (χ1n) is 5.29. The van der Waals surface area contributed by atoms with Gasteiger partial charge in [-0.15, -0.1) is 10.2 Å². The van der Waals surface area contributed by atoms with E-state index in [0.717, 1.165) is 24.6 Å². The average molecular weight is 209 g/mol. The average Bonchev–Trinajstić information content (AvgIpc) is 2.69. The van der Waals surface area contributed by atoms with Gasteiger partial charge in [0.15, 0.2) is 0 Å². The van der Waals surface area contributed by atoms with Gasteiger partial charge >= 0.3 is 5.97 Å². The van der Waals surface area contributed by atoms with Crippen molar-refractivity contribution in [2.75, 3.05) is 7.11 Å². The van der Waals surface area contributed by atoms with Crippen molar-refractivity contribution < 1.29 is 9.53 Å². The summed E-state index contributed by atoms with van der Waals surface area (Å²) >= 11 is 0. The third kappa shape index (κ3) is 2.16. The second-order valence-electron chi connectivity index (χ2n) is 3.72. The number of carbonyl (C=O) groups is 1. The Hall–Kier alpha value is -1.39. The monoisotopic (exact) mass is 209 g/mol. The molecule has 0 bridgehead atoms. The van der Waals surface area contributed by atoms with Crippen LogP contribution in [-0.2, 0) is 28.9 Å². The molecular formula is C10H15N3O2. The molecule has 15 heavy (non-hydrogen) atoms. The van der Waals surface area contributed by atoms with E-state index >= 15 is 0 Å². The molecule has 1 aliphatic rings. The smallest absolute Gasteiger partial charge is 0.305 e. The maximum absolute atomic E-state index is 11.0. The van der Waals surface area contributed by atoms with E-state index in [-0.39, 0.29) is 5.97 Å². The lowest BCUT2D eigenvalue weighted by Crippen LogP contribution is -2.14. The number of carbonyl (C=O) groups excluding carboxylic acids is 1. The maximum atomic E-state index is 11.0. The molecule has 0 amide bonds. The van der Waals surface area contributed by atoms with Gasteiger partial charge in [0.25, 0.3) is 0 Å². The summed E-state index contributed by atoms with van der Waals surface area (Å²) in [6.07, 6.45) is 4.38. The van der Waals surface area contributed by atoms with Crippen molar-refractivity contribution in [3.63, 3.8) is 0 Å². The van der Waals surface area contributed by atoms with E-state index in [4.69, 9.17) is 0 Å². The zero-order valence-corrected chi connectivity index (χ0v) is 8.90. The Labute approximate surface area is 88.4 Å². The van der Waals surface area contributed by atoms with Crippen LogP contribution in [-0.4, -0.2) is 27.8 Å². The summed E-state index contributed by atoms with van der Waals surface area (Å²) in [5.41, 5.74) is 0. The highest BCUT2D eigenvalue weighted by atomic mass is 16.5. The van der Waals surface area contributed by atoms with Crippen molar-refractivity contribution in [3.8, 4) is 0 Å². The molecule has 82 valence electrons. The fraction of sp³-hybridized carbons (Fsp3) is 0.700. The third-order valence-electron chi connectivity index (χ3n) is 2.72. The predicted molar refractivity (Wildman–Crippen MR) is 53.3 cm³/mol. The van der Waals surface area contributed by atoms with E-state index in [1.807, 2.05) is 0 Å². The number of hydrogen-bond acceptors (Lipinski definition) is 4. The molecule has 1 aromatic heterocycles. The Kier molecular flexibility index (Phi) is 2.99. The maximum Gasteiger partial charge on any atom is 0.305 e. The molecule has 1 aromatic rings. The van der Waals surface area contributed by atoms with Crippen LogP contribution >= 0.6 is 0 Å². The van der Waals surface area contributed by atoms with E-state index in [1.165, 1.54) is 20.0 Å². The van der Waals surface area contributed by atoms with Crippen LogP contribution in [0, 0.1) is 0 Å². The number of nitrogens with zero attached hydrogens (tertiary/aromatic N) is 3. The number of hydrogen-bond donors (Lipinski definition) is 0. The number of fused-ring (bicyclic) bond motifs is 1. The molecule has 5 heteroatoms. The van der Waals surface area contributed by atoms with E-state index in [9.17, 15) is 4.79 Å². The Bertz CT molecular complexity index is 360. The minimum absolute atomic E-state index is 0.192. The summed E-state index contributed by atoms with van der Waals surface area (Å²) in [4.78, 5) is 11.0. The lowest BCUT2D eigenvalue weighted by molar-refractivity contribution is -0.140. The molecule has 5 nitrogen and oxygen atoms in total. The molecule has 1 aliphatic heterocycles. The molecule has 0 aromatic carbocycles. The summed E-state index contributed by atoms with van der Waals surface area (Å²) in [6.45, 7) is 0.985. The van der Waals surface area contributed by atoms with E-state index < -0.39 is 0 Å². The minimum Gasteiger partial charge on any atom is -0.469 e. The zero-order chi connectivity index (χ0) is 10.7. The van der Waals surface area contributed by atoms with Gasteiger partial charge < -0.3 is 9.30 Å². The van der Waals surface area contributed by atoms with Gasteiger partial charge in [-0.05, 0) is 12.8 Å². The highest BCUT2D eigenvalue weighted by Gasteiger charge is 2.16. The number of esters is 1. The summed E-state index contributed by atoms with van der Waals surface area (Å²) in [5, 5.41) is 8.23. The van der Waals surface area contributed by atoms with E-state index in [0.29, 0.717) is 12.8 Å². The summed E-state index contributed by atoms with van der Waals surface area (Å²) in [5.74, 6) is 1.78. The Morgan fingerprint density at radius 1 is 1.47 bits per heavy atom. The molecule has 2 heterocycles. The van der Waals surface area contributed by atoms with E-state index in [2.05, 4.69) is 19.5 Å². The van der Waals surface area contributed by atoms with Gasteiger partial charge in [-0.3, -0.25) is 4.79 Å². The third-order valence-corrected chi connectivity index (χ3v) is 2.72. The molecule has 0 aliphatic carbocycles. The van der Waals surface area contributed by atoms with E-state index in [1.54, 1.807) is 0 Å². The molecule has 0 N–H and O–H groups in total. The number of aromatic nitrogens is 3. The Morgan fingerprint density at radius 3 is 3.13 bits per heavy atom. The SMILES string of the molecule is COC(=O)CCc1nnc2n1CCCC2. The van der Waals surface area contributed by atoms with Crippen LogP contribution in [0.5, 0.6) is 0 Å². The van der Waals surface area contributed by atoms with Crippen LogP contribution in [0.1, 0.15) is 30.9 Å². The molecule has 0 saturated heterocycles. The van der Waals surface area contributed by atoms with Gasteiger partial charge in [0.2, 0.25) is 0 Å². The minimum atomic E-state index is -0.192. The zero-order valence-electron chi connectivity index (χ0n) is 8.90. The fourth-order valence-corrected chi connectivity index (χ4v) is 1.87. The number of methoxy groups -OCH3 is 1. The molecule has 2 rings (SSSR count). The van der Waals surface area contributed by atoms with Gasteiger partial charge in [0.05, 0.1) is 13.5 Å². The second-order valence-corrected chi connectivity index (χ2v) is 3.72. The summed E-state index contributed by atoms with van der Waals surface area (Å²) in [7, 11) is 1.40. The molecule has 0 saturated carbocycles. The van der Waals surface area contributed by atoms with Gasteiger partial charge in [-0.25, -0.2) is 0 Å². The first kappa shape index (κ1) is 10.1. The van der Waals surface area contributed by atoms with Crippen LogP contribution in [0.4, 0.5) is 0 Å². The van der Waals surface area contributed by atoms with Gasteiger partial charge in [-0.2, -0.15) is 0 Å². The standard InChI is InChI=1S/C10H15N3O2/c1-15-10(14)6-5-9-12-11-8-4-2-3-7-13(8)9/h2-7H2,1H3. The highest BCUT2D eigenvalue weighted by molar-refractivity contribution is 5.69. The molecule has 0 spiro atoms. The molecule has 0 radical (unpaired) electrons. The first-order chi connectivity index (χ1) is 7.31. The Morgan fingerprint density at radius 2 is 2.33 bits per heavy atom. The summed E-state index contributed by atoms with van der Waals surface area (Å²) in [6, 6.07) is 0. The largest absolute Gasteiger partial charge is 0.469 e. The summed E-state index contributed by atoms with van der Waals surface area (Å²) < 4.78 is 6.73. The van der Waals surface area contributed by atoms with Crippen LogP contribution in [0.2, 0.25) is 0 Å². The molecule has 0 unspecified atom stereocenters. The number of rotatable bonds is 3. The van der Waals surface area contributed by atoms with Gasteiger partial charge in [0, 0.05) is 19.4 Å². The van der Waals surface area contributed by atoms with Crippen molar-refractivity contribution in [1.82, 2.24) is 14.8 Å². The van der Waals surface area contributed by atoms with Crippen LogP contribution in [0.15, 0.2) is 0 Å². The van der Waals surface area contributed by atoms with Gasteiger partial charge in [0.1, 0.15) is 11.6 Å². The topological polar surface area (TPSA) is 57.0 Å². The fourth-order valence-electron chi connectivity index (χ4n) is 1.87. The second kappa shape index (κ2) is 4.42. The van der Waals surface area contributed by atoms with Gasteiger partial charge in [-0.1, -0.05) is 0 Å². The molecule has 0 atom stereocenters. The normalized spacial score (nSPS) is 14.7. The quantitative estimate of drug-likeness (QED) is 0.688. The van der Waals surface area contributed by atoms with Crippen molar-refractivity contribution >= 4 is 5.97 Å².